The maximum absolute atomic E-state index is 12.7. The van der Waals surface area contributed by atoms with E-state index in [1.807, 2.05) is 13.8 Å². The zero-order chi connectivity index (χ0) is 15.2. The number of rotatable bonds is 2. The predicted molar refractivity (Wildman–Crippen MR) is 83.7 cm³/mol. The van der Waals surface area contributed by atoms with Crippen LogP contribution in [0.15, 0.2) is 46.0 Å². The molecule has 108 valence electrons. The van der Waals surface area contributed by atoms with Crippen LogP contribution in [0.4, 0.5) is 0 Å². The number of halogens is 1. The number of hydrogen-bond donors (Lipinski definition) is 0. The van der Waals surface area contributed by atoms with Crippen LogP contribution in [0.5, 0.6) is 0 Å². The van der Waals surface area contributed by atoms with Crippen molar-refractivity contribution in [2.75, 3.05) is 0 Å². The molecule has 0 saturated carbocycles. The van der Waals surface area contributed by atoms with Gasteiger partial charge in [0.2, 0.25) is 0 Å². The van der Waals surface area contributed by atoms with Gasteiger partial charge in [-0.1, -0.05) is 17.7 Å². The molecular weight excluding hydrogens is 354 g/mol. The van der Waals surface area contributed by atoms with E-state index in [9.17, 15) is 8.42 Å². The molecular formula is C14H12BrN3O2S. The Morgan fingerprint density at radius 2 is 1.81 bits per heavy atom. The number of nitrogens with zero attached hydrogens (tertiary/aromatic N) is 3. The fraction of sp³-hybridized carbons (Fsp3) is 0.143. The SMILES string of the molecule is Cc1ccc(S(=O)(=O)n2cc(Br)c3nc(C)cnc32)cc1. The van der Waals surface area contributed by atoms with Gasteiger partial charge in [0.1, 0.15) is 5.52 Å². The average molecular weight is 366 g/mol. The summed E-state index contributed by atoms with van der Waals surface area (Å²) in [6, 6.07) is 6.71. The normalized spacial score (nSPS) is 12.0. The molecule has 7 heteroatoms. The van der Waals surface area contributed by atoms with Crippen molar-refractivity contribution in [2.45, 2.75) is 18.7 Å². The van der Waals surface area contributed by atoms with Crippen LogP contribution in [0, 0.1) is 13.8 Å². The topological polar surface area (TPSA) is 64.8 Å². The van der Waals surface area contributed by atoms with E-state index in [4.69, 9.17) is 0 Å². The second kappa shape index (κ2) is 4.92. The zero-order valence-corrected chi connectivity index (χ0v) is 13.8. The van der Waals surface area contributed by atoms with Crippen LogP contribution >= 0.6 is 15.9 Å². The minimum Gasteiger partial charge on any atom is -0.247 e. The van der Waals surface area contributed by atoms with Crippen LogP contribution in [0.2, 0.25) is 0 Å². The summed E-state index contributed by atoms with van der Waals surface area (Å²) in [5.74, 6) is 0. The fourth-order valence-electron chi connectivity index (χ4n) is 2.02. The van der Waals surface area contributed by atoms with Gasteiger partial charge in [-0.2, -0.15) is 0 Å². The van der Waals surface area contributed by atoms with Crippen molar-refractivity contribution in [2.24, 2.45) is 0 Å². The summed E-state index contributed by atoms with van der Waals surface area (Å²) < 4.78 is 27.2. The highest BCUT2D eigenvalue weighted by molar-refractivity contribution is 9.10. The summed E-state index contributed by atoms with van der Waals surface area (Å²) in [6.07, 6.45) is 3.04. The van der Waals surface area contributed by atoms with Crippen molar-refractivity contribution in [1.29, 1.82) is 0 Å². The quantitative estimate of drug-likeness (QED) is 0.699. The van der Waals surface area contributed by atoms with E-state index < -0.39 is 10.0 Å². The van der Waals surface area contributed by atoms with E-state index in [2.05, 4.69) is 25.9 Å². The number of hydrogen-bond acceptors (Lipinski definition) is 4. The van der Waals surface area contributed by atoms with Crippen molar-refractivity contribution >= 4 is 37.1 Å². The van der Waals surface area contributed by atoms with Crippen LogP contribution in [0.25, 0.3) is 11.2 Å². The van der Waals surface area contributed by atoms with Crippen LogP contribution in [-0.2, 0) is 10.0 Å². The van der Waals surface area contributed by atoms with Crippen LogP contribution in [-0.4, -0.2) is 22.4 Å². The first-order valence-corrected chi connectivity index (χ1v) is 8.45. The molecule has 0 amide bonds. The summed E-state index contributed by atoms with van der Waals surface area (Å²) in [6.45, 7) is 3.72. The van der Waals surface area contributed by atoms with Crippen LogP contribution < -0.4 is 0 Å². The van der Waals surface area contributed by atoms with E-state index in [-0.39, 0.29) is 4.90 Å². The zero-order valence-electron chi connectivity index (χ0n) is 11.4. The molecule has 0 aliphatic carbocycles. The largest absolute Gasteiger partial charge is 0.269 e. The summed E-state index contributed by atoms with van der Waals surface area (Å²) >= 11 is 3.34. The van der Waals surface area contributed by atoms with Gasteiger partial charge in [-0.05, 0) is 41.9 Å². The highest BCUT2D eigenvalue weighted by Gasteiger charge is 2.22. The molecule has 2 heterocycles. The second-order valence-corrected chi connectivity index (χ2v) is 7.44. The molecule has 0 fully saturated rings. The van der Waals surface area contributed by atoms with Gasteiger partial charge in [-0.15, -0.1) is 0 Å². The van der Waals surface area contributed by atoms with E-state index in [1.54, 1.807) is 30.5 Å². The first-order chi connectivity index (χ1) is 9.89. The van der Waals surface area contributed by atoms with Crippen LogP contribution in [0.1, 0.15) is 11.3 Å². The maximum atomic E-state index is 12.7. The number of aryl methyl sites for hydroxylation is 2. The summed E-state index contributed by atoms with van der Waals surface area (Å²) in [5, 5.41) is 0. The first kappa shape index (κ1) is 14.2. The summed E-state index contributed by atoms with van der Waals surface area (Å²) in [7, 11) is -3.69. The van der Waals surface area contributed by atoms with Gasteiger partial charge in [0.25, 0.3) is 10.0 Å². The third-order valence-corrected chi connectivity index (χ3v) is 5.36. The van der Waals surface area contributed by atoms with E-state index >= 15 is 0 Å². The smallest absolute Gasteiger partial charge is 0.247 e. The Morgan fingerprint density at radius 3 is 2.48 bits per heavy atom. The van der Waals surface area contributed by atoms with E-state index in [1.165, 1.54) is 6.20 Å². The fourth-order valence-corrected chi connectivity index (χ4v) is 3.94. The molecule has 0 atom stereocenters. The number of benzene rings is 1. The Bertz CT molecular complexity index is 931. The Kier molecular flexibility index (Phi) is 3.33. The summed E-state index contributed by atoms with van der Waals surface area (Å²) in [5.41, 5.74) is 2.58. The van der Waals surface area contributed by atoms with Crippen molar-refractivity contribution in [3.05, 3.63) is 52.4 Å². The predicted octanol–water partition coefficient (Wildman–Crippen LogP) is 3.05. The van der Waals surface area contributed by atoms with Gasteiger partial charge >= 0.3 is 0 Å². The Hall–Kier alpha value is -1.73. The molecule has 2 aromatic heterocycles. The van der Waals surface area contributed by atoms with Crippen molar-refractivity contribution in [3.8, 4) is 0 Å². The van der Waals surface area contributed by atoms with Gasteiger partial charge in [0, 0.05) is 6.20 Å². The molecule has 0 aliphatic heterocycles. The van der Waals surface area contributed by atoms with Crippen molar-refractivity contribution < 1.29 is 8.42 Å². The Morgan fingerprint density at radius 1 is 1.14 bits per heavy atom. The molecule has 0 saturated heterocycles. The second-order valence-electron chi connectivity index (χ2n) is 4.77. The lowest BCUT2D eigenvalue weighted by Crippen LogP contribution is -2.12. The maximum Gasteiger partial charge on any atom is 0.269 e. The average Bonchev–Trinajstić information content (AvgIpc) is 2.77. The molecule has 0 aliphatic rings. The monoisotopic (exact) mass is 365 g/mol. The molecule has 21 heavy (non-hydrogen) atoms. The highest BCUT2D eigenvalue weighted by Crippen LogP contribution is 2.27. The van der Waals surface area contributed by atoms with Crippen molar-refractivity contribution in [1.82, 2.24) is 13.9 Å². The summed E-state index contributed by atoms with van der Waals surface area (Å²) in [4.78, 5) is 8.75. The first-order valence-electron chi connectivity index (χ1n) is 6.22. The standard InChI is InChI=1S/C14H12BrN3O2S/c1-9-3-5-11(6-4-9)21(19,20)18-8-12(15)13-14(18)16-7-10(2)17-13/h3-8H,1-2H3. The van der Waals surface area contributed by atoms with Gasteiger partial charge in [-0.25, -0.2) is 22.4 Å². The molecule has 5 nitrogen and oxygen atoms in total. The molecule has 0 N–H and O–H groups in total. The van der Waals surface area contributed by atoms with Gasteiger partial charge < -0.3 is 0 Å². The molecule has 1 aromatic carbocycles. The lowest BCUT2D eigenvalue weighted by molar-refractivity contribution is 0.588. The molecule has 3 rings (SSSR count). The Labute approximate surface area is 130 Å². The van der Waals surface area contributed by atoms with E-state index in [0.717, 1.165) is 15.2 Å². The lowest BCUT2D eigenvalue weighted by atomic mass is 10.2. The lowest BCUT2D eigenvalue weighted by Gasteiger charge is -2.07. The minimum absolute atomic E-state index is 0.222. The van der Waals surface area contributed by atoms with Crippen LogP contribution in [0.3, 0.4) is 0 Å². The minimum atomic E-state index is -3.69. The third kappa shape index (κ3) is 2.36. The van der Waals surface area contributed by atoms with Gasteiger partial charge in [0.15, 0.2) is 5.65 Å². The molecule has 3 aromatic rings. The van der Waals surface area contributed by atoms with Crippen molar-refractivity contribution in [3.63, 3.8) is 0 Å². The molecule has 0 radical (unpaired) electrons. The van der Waals surface area contributed by atoms with Gasteiger partial charge in [-0.3, -0.25) is 0 Å². The number of fused-ring (bicyclic) bond motifs is 1. The number of aromatic nitrogens is 3. The molecule has 0 unspecified atom stereocenters. The molecule has 0 spiro atoms. The van der Waals surface area contributed by atoms with Gasteiger partial charge in [0.05, 0.1) is 21.3 Å². The molecule has 0 bridgehead atoms. The third-order valence-electron chi connectivity index (χ3n) is 3.12. The Balaban J connectivity index is 2.26. The highest BCUT2D eigenvalue weighted by atomic mass is 79.9. The van der Waals surface area contributed by atoms with E-state index in [0.29, 0.717) is 15.6 Å².